The second-order valence-corrected chi connectivity index (χ2v) is 8.24. The molecule has 1 aromatic carbocycles. The van der Waals surface area contributed by atoms with Gasteiger partial charge in [0.25, 0.3) is 5.91 Å². The van der Waals surface area contributed by atoms with Gasteiger partial charge in [-0.05, 0) is 63.0 Å². The maximum absolute atomic E-state index is 12.6. The van der Waals surface area contributed by atoms with E-state index >= 15 is 0 Å². The number of likely N-dealkylation sites (N-methyl/N-ethyl adjacent to an activating group) is 1. The van der Waals surface area contributed by atoms with Crippen molar-refractivity contribution in [3.63, 3.8) is 0 Å². The molecule has 4 nitrogen and oxygen atoms in total. The molecule has 0 spiro atoms. The number of benzene rings is 1. The van der Waals surface area contributed by atoms with Gasteiger partial charge in [-0.25, -0.2) is 0 Å². The van der Waals surface area contributed by atoms with E-state index in [2.05, 4.69) is 42.7 Å². The molecule has 3 rings (SSSR count). The van der Waals surface area contributed by atoms with Gasteiger partial charge >= 0.3 is 0 Å². The predicted molar refractivity (Wildman–Crippen MR) is 109 cm³/mol. The lowest BCUT2D eigenvalue weighted by atomic mass is 10.0. The zero-order chi connectivity index (χ0) is 18.5. The van der Waals surface area contributed by atoms with E-state index in [1.54, 1.807) is 0 Å². The monoisotopic (exact) mass is 371 g/mol. The first kappa shape index (κ1) is 19.1. The molecule has 2 aromatic rings. The standard InChI is InChI=1S/C21H29N3OS/c1-16-11-14-26-20(16)19(23(2)3)15-22-18-9-12-24(13-10-18)21(25)17-7-5-4-6-8-17/h4-8,11,14,18-19,22H,9-10,12-13,15H2,1-3H3. The number of nitrogens with one attached hydrogen (secondary N) is 1. The van der Waals surface area contributed by atoms with Crippen molar-refractivity contribution in [2.75, 3.05) is 33.7 Å². The minimum Gasteiger partial charge on any atom is -0.339 e. The van der Waals surface area contributed by atoms with E-state index in [4.69, 9.17) is 0 Å². The number of nitrogens with zero attached hydrogens (tertiary/aromatic N) is 2. The molecular weight excluding hydrogens is 342 g/mol. The van der Waals surface area contributed by atoms with Crippen LogP contribution in [0, 0.1) is 6.92 Å². The summed E-state index contributed by atoms with van der Waals surface area (Å²) in [6, 6.07) is 12.7. The normalized spacial score (nSPS) is 16.8. The number of piperidine rings is 1. The van der Waals surface area contributed by atoms with Gasteiger partial charge in [-0.3, -0.25) is 4.79 Å². The Morgan fingerprint density at radius 1 is 1.23 bits per heavy atom. The zero-order valence-corrected chi connectivity index (χ0v) is 16.8. The van der Waals surface area contributed by atoms with Crippen LogP contribution in [-0.2, 0) is 0 Å². The number of rotatable bonds is 6. The second kappa shape index (κ2) is 8.80. The molecule has 26 heavy (non-hydrogen) atoms. The van der Waals surface area contributed by atoms with Gasteiger partial charge in [0.05, 0.1) is 6.04 Å². The largest absolute Gasteiger partial charge is 0.339 e. The highest BCUT2D eigenvalue weighted by Gasteiger charge is 2.25. The Labute approximate surface area is 160 Å². The molecule has 1 aromatic heterocycles. The summed E-state index contributed by atoms with van der Waals surface area (Å²) in [5, 5.41) is 5.92. The molecule has 0 radical (unpaired) electrons. The van der Waals surface area contributed by atoms with Crippen molar-refractivity contribution < 1.29 is 4.79 Å². The number of aryl methyl sites for hydroxylation is 1. The van der Waals surface area contributed by atoms with Crippen LogP contribution in [0.5, 0.6) is 0 Å². The number of thiophene rings is 1. The number of hydrogen-bond donors (Lipinski definition) is 1. The van der Waals surface area contributed by atoms with Crippen LogP contribution in [0.1, 0.15) is 39.7 Å². The van der Waals surface area contributed by atoms with E-state index in [9.17, 15) is 4.79 Å². The van der Waals surface area contributed by atoms with E-state index in [0.29, 0.717) is 12.1 Å². The third-order valence-corrected chi connectivity index (χ3v) is 6.35. The lowest BCUT2D eigenvalue weighted by Gasteiger charge is -2.34. The molecule has 1 aliphatic rings. The van der Waals surface area contributed by atoms with Gasteiger partial charge in [0, 0.05) is 36.1 Å². The summed E-state index contributed by atoms with van der Waals surface area (Å²) in [5.74, 6) is 0.157. The summed E-state index contributed by atoms with van der Waals surface area (Å²) in [7, 11) is 4.29. The average Bonchev–Trinajstić information content (AvgIpc) is 3.08. The molecule has 0 bridgehead atoms. The Morgan fingerprint density at radius 3 is 2.50 bits per heavy atom. The Hall–Kier alpha value is -1.69. The highest BCUT2D eigenvalue weighted by Crippen LogP contribution is 2.27. The highest BCUT2D eigenvalue weighted by molar-refractivity contribution is 7.10. The molecule has 1 amide bonds. The van der Waals surface area contributed by atoms with Crippen LogP contribution >= 0.6 is 11.3 Å². The second-order valence-electron chi connectivity index (χ2n) is 7.29. The molecule has 5 heteroatoms. The molecule has 140 valence electrons. The van der Waals surface area contributed by atoms with E-state index < -0.39 is 0 Å². The molecule has 1 fully saturated rings. The zero-order valence-electron chi connectivity index (χ0n) is 15.9. The van der Waals surface area contributed by atoms with Crippen LogP contribution in [0.2, 0.25) is 0 Å². The van der Waals surface area contributed by atoms with Crippen LogP contribution < -0.4 is 5.32 Å². The molecule has 1 atom stereocenters. The van der Waals surface area contributed by atoms with Crippen LogP contribution in [-0.4, -0.2) is 55.5 Å². The summed E-state index contributed by atoms with van der Waals surface area (Å²) in [4.78, 5) is 18.3. The average molecular weight is 372 g/mol. The Morgan fingerprint density at radius 2 is 1.92 bits per heavy atom. The van der Waals surface area contributed by atoms with Crippen molar-refractivity contribution in [1.29, 1.82) is 0 Å². The van der Waals surface area contributed by atoms with Crippen LogP contribution in [0.15, 0.2) is 41.8 Å². The minimum absolute atomic E-state index is 0.157. The van der Waals surface area contributed by atoms with Crippen LogP contribution in [0.3, 0.4) is 0 Å². The van der Waals surface area contributed by atoms with Gasteiger partial charge in [-0.1, -0.05) is 18.2 Å². The molecule has 1 N–H and O–H groups in total. The fourth-order valence-electron chi connectivity index (χ4n) is 3.56. The lowest BCUT2D eigenvalue weighted by molar-refractivity contribution is 0.0703. The van der Waals surface area contributed by atoms with Crippen molar-refractivity contribution in [1.82, 2.24) is 15.1 Å². The summed E-state index contributed by atoms with van der Waals surface area (Å²) < 4.78 is 0. The predicted octanol–water partition coefficient (Wildman–Crippen LogP) is 3.55. The van der Waals surface area contributed by atoms with Gasteiger partial charge in [-0.15, -0.1) is 11.3 Å². The van der Waals surface area contributed by atoms with Gasteiger partial charge in [0.2, 0.25) is 0 Å². The third-order valence-electron chi connectivity index (χ3n) is 5.23. The van der Waals surface area contributed by atoms with E-state index in [1.807, 2.05) is 46.6 Å². The number of likely N-dealkylation sites (tertiary alicyclic amines) is 1. The fraction of sp³-hybridized carbons (Fsp3) is 0.476. The summed E-state index contributed by atoms with van der Waals surface area (Å²) in [5.41, 5.74) is 2.17. The first-order valence-corrected chi connectivity index (χ1v) is 10.2. The number of carbonyl (C=O) groups excluding carboxylic acids is 1. The number of amides is 1. The highest BCUT2D eigenvalue weighted by atomic mass is 32.1. The van der Waals surface area contributed by atoms with Crippen molar-refractivity contribution in [2.24, 2.45) is 0 Å². The van der Waals surface area contributed by atoms with Gasteiger partial charge in [0.1, 0.15) is 0 Å². The molecule has 2 heterocycles. The van der Waals surface area contributed by atoms with Crippen LogP contribution in [0.4, 0.5) is 0 Å². The summed E-state index contributed by atoms with van der Waals surface area (Å²) in [6.45, 7) is 4.80. The van der Waals surface area contributed by atoms with Crippen molar-refractivity contribution in [3.8, 4) is 0 Å². The molecular formula is C21H29N3OS. The summed E-state index contributed by atoms with van der Waals surface area (Å²) in [6.07, 6.45) is 2.03. The lowest BCUT2D eigenvalue weighted by Crippen LogP contribution is -2.46. The van der Waals surface area contributed by atoms with Gasteiger partial charge in [0.15, 0.2) is 0 Å². The topological polar surface area (TPSA) is 35.6 Å². The summed E-state index contributed by atoms with van der Waals surface area (Å²) >= 11 is 1.84. The number of hydrogen-bond acceptors (Lipinski definition) is 4. The van der Waals surface area contributed by atoms with Crippen molar-refractivity contribution >= 4 is 17.2 Å². The van der Waals surface area contributed by atoms with E-state index in [-0.39, 0.29) is 5.91 Å². The Balaban J connectivity index is 1.51. The molecule has 1 saturated heterocycles. The van der Waals surface area contributed by atoms with Crippen molar-refractivity contribution in [2.45, 2.75) is 31.8 Å². The molecule has 1 unspecified atom stereocenters. The molecule has 1 aliphatic heterocycles. The van der Waals surface area contributed by atoms with E-state index in [1.165, 1.54) is 10.4 Å². The fourth-order valence-corrected chi connectivity index (χ4v) is 4.69. The quantitative estimate of drug-likeness (QED) is 0.843. The smallest absolute Gasteiger partial charge is 0.253 e. The SMILES string of the molecule is Cc1ccsc1C(CNC1CCN(C(=O)c2ccccc2)CC1)N(C)C. The van der Waals surface area contributed by atoms with E-state index in [0.717, 1.165) is 38.0 Å². The van der Waals surface area contributed by atoms with Gasteiger partial charge < -0.3 is 15.1 Å². The third kappa shape index (κ3) is 4.53. The van der Waals surface area contributed by atoms with Crippen LogP contribution in [0.25, 0.3) is 0 Å². The molecule has 0 aliphatic carbocycles. The first-order chi connectivity index (χ1) is 12.6. The molecule has 0 saturated carbocycles. The first-order valence-electron chi connectivity index (χ1n) is 9.34. The minimum atomic E-state index is 0.157. The number of carbonyl (C=O) groups is 1. The maximum Gasteiger partial charge on any atom is 0.253 e. The Kier molecular flexibility index (Phi) is 6.46. The maximum atomic E-state index is 12.6. The van der Waals surface area contributed by atoms with Crippen molar-refractivity contribution in [3.05, 3.63) is 57.8 Å². The van der Waals surface area contributed by atoms with Gasteiger partial charge in [-0.2, -0.15) is 0 Å². The Bertz CT molecular complexity index is 705.